The molecule has 40 heavy (non-hydrogen) atoms. The lowest BCUT2D eigenvalue weighted by Gasteiger charge is -2.17. The average molecular weight is 567 g/mol. The standard InChI is InChI=1S/C27H28F2N8O2S/c1-15-4-5-18(6-20(15)12-37(31)13-23(30)24-10-32-27(40-24)34-17(3)38)26(39)35-21-7-19(25(28)29)8-22(9-21)36-11-16(2)33-14-36/h4-11,13-14,25H,12,30-31H2,1-3H3,(H,35,39)(H,32,34,38)/b23-13-. The van der Waals surface area contributed by atoms with Crippen LogP contribution in [0.2, 0.25) is 0 Å². The number of halogens is 2. The average Bonchev–Trinajstić information content (AvgIpc) is 3.53. The minimum absolute atomic E-state index is 0.225. The fraction of sp³-hybridized carbons (Fsp3) is 0.185. The zero-order valence-electron chi connectivity index (χ0n) is 22.0. The molecule has 0 aliphatic rings. The number of anilines is 2. The third-order valence-corrected chi connectivity index (χ3v) is 6.76. The van der Waals surface area contributed by atoms with Crippen molar-refractivity contribution in [3.8, 4) is 5.69 Å². The predicted molar refractivity (Wildman–Crippen MR) is 151 cm³/mol. The van der Waals surface area contributed by atoms with Crippen LogP contribution in [0.3, 0.4) is 0 Å². The van der Waals surface area contributed by atoms with Crippen molar-refractivity contribution in [2.75, 3.05) is 10.6 Å². The summed E-state index contributed by atoms with van der Waals surface area (Å²) in [5.74, 6) is 5.48. The number of carbonyl (C=O) groups excluding carboxylic acids is 2. The first-order valence-electron chi connectivity index (χ1n) is 12.1. The van der Waals surface area contributed by atoms with Crippen LogP contribution in [0.25, 0.3) is 11.4 Å². The summed E-state index contributed by atoms with van der Waals surface area (Å²) in [6.07, 6.45) is 3.58. The van der Waals surface area contributed by atoms with Crippen molar-refractivity contribution in [2.45, 2.75) is 33.7 Å². The van der Waals surface area contributed by atoms with Crippen LogP contribution in [-0.2, 0) is 11.3 Å². The monoisotopic (exact) mass is 566 g/mol. The first-order valence-corrected chi connectivity index (χ1v) is 12.9. The first-order chi connectivity index (χ1) is 19.0. The maximum atomic E-state index is 13.6. The minimum atomic E-state index is -2.72. The molecule has 0 fully saturated rings. The highest BCUT2D eigenvalue weighted by Crippen LogP contribution is 2.27. The van der Waals surface area contributed by atoms with Gasteiger partial charge < -0.3 is 25.9 Å². The molecule has 4 rings (SSSR count). The molecule has 13 heteroatoms. The Morgan fingerprint density at radius 3 is 2.60 bits per heavy atom. The van der Waals surface area contributed by atoms with E-state index in [4.69, 9.17) is 11.6 Å². The molecule has 0 saturated carbocycles. The molecule has 0 unspecified atom stereocenters. The van der Waals surface area contributed by atoms with Crippen molar-refractivity contribution in [1.82, 2.24) is 19.5 Å². The largest absolute Gasteiger partial charge is 0.396 e. The van der Waals surface area contributed by atoms with Crippen LogP contribution in [-0.4, -0.2) is 31.4 Å². The molecule has 0 aliphatic heterocycles. The van der Waals surface area contributed by atoms with Crippen LogP contribution in [0.5, 0.6) is 0 Å². The van der Waals surface area contributed by atoms with Crippen molar-refractivity contribution >= 4 is 39.7 Å². The second-order valence-corrected chi connectivity index (χ2v) is 10.1. The lowest BCUT2D eigenvalue weighted by molar-refractivity contribution is -0.114. The minimum Gasteiger partial charge on any atom is -0.396 e. The third kappa shape index (κ3) is 7.07. The Kier molecular flexibility index (Phi) is 8.55. The number of rotatable bonds is 9. The number of nitrogens with two attached hydrogens (primary N) is 2. The summed E-state index contributed by atoms with van der Waals surface area (Å²) in [6, 6.07) is 9.32. The highest BCUT2D eigenvalue weighted by Gasteiger charge is 2.15. The molecule has 0 spiro atoms. The van der Waals surface area contributed by atoms with Gasteiger partial charge in [0.15, 0.2) is 5.13 Å². The molecule has 2 amide bonds. The SMILES string of the molecule is CC(=O)Nc1ncc(/C(N)=C/N(N)Cc2cc(C(=O)Nc3cc(C(F)F)cc(-n4cnc(C)c4)c3)ccc2C)s1. The molecule has 2 aromatic carbocycles. The second-order valence-electron chi connectivity index (χ2n) is 9.10. The number of alkyl halides is 2. The molecular weight excluding hydrogens is 538 g/mol. The van der Waals surface area contributed by atoms with E-state index in [0.29, 0.717) is 27.0 Å². The molecule has 2 aromatic heterocycles. The molecule has 10 nitrogen and oxygen atoms in total. The Morgan fingerprint density at radius 1 is 1.15 bits per heavy atom. The van der Waals surface area contributed by atoms with Crippen LogP contribution >= 0.6 is 11.3 Å². The van der Waals surface area contributed by atoms with E-state index in [2.05, 4.69) is 20.6 Å². The van der Waals surface area contributed by atoms with Crippen LogP contribution in [0, 0.1) is 13.8 Å². The summed E-state index contributed by atoms with van der Waals surface area (Å²) >= 11 is 1.21. The number of aromatic nitrogens is 3. The number of hydrogen-bond donors (Lipinski definition) is 4. The Balaban J connectivity index is 1.51. The number of hydrogen-bond acceptors (Lipinski definition) is 8. The highest BCUT2D eigenvalue weighted by atomic mass is 32.1. The van der Waals surface area contributed by atoms with Gasteiger partial charge in [-0.05, 0) is 55.3 Å². The van der Waals surface area contributed by atoms with Gasteiger partial charge >= 0.3 is 0 Å². The lowest BCUT2D eigenvalue weighted by Crippen LogP contribution is -2.26. The second kappa shape index (κ2) is 12.1. The summed E-state index contributed by atoms with van der Waals surface area (Å²) < 4.78 is 28.8. The van der Waals surface area contributed by atoms with Crippen molar-refractivity contribution < 1.29 is 18.4 Å². The highest BCUT2D eigenvalue weighted by molar-refractivity contribution is 7.16. The van der Waals surface area contributed by atoms with Gasteiger partial charge in [-0.25, -0.2) is 24.6 Å². The van der Waals surface area contributed by atoms with Gasteiger partial charge in [-0.1, -0.05) is 17.4 Å². The molecule has 0 atom stereocenters. The predicted octanol–water partition coefficient (Wildman–Crippen LogP) is 4.73. The number of aryl methyl sites for hydroxylation is 2. The fourth-order valence-corrected chi connectivity index (χ4v) is 4.62. The molecule has 0 saturated heterocycles. The lowest BCUT2D eigenvalue weighted by atomic mass is 10.0. The van der Waals surface area contributed by atoms with Crippen LogP contribution in [0.4, 0.5) is 19.6 Å². The van der Waals surface area contributed by atoms with E-state index in [-0.39, 0.29) is 23.7 Å². The first kappa shape index (κ1) is 28.4. The number of nitrogens with one attached hydrogen (secondary N) is 2. The Labute approximate surface area is 233 Å². The summed E-state index contributed by atoms with van der Waals surface area (Å²) in [5.41, 5.74) is 9.68. The summed E-state index contributed by atoms with van der Waals surface area (Å²) in [6.45, 7) is 5.29. The van der Waals surface area contributed by atoms with Crippen molar-refractivity contribution in [3.63, 3.8) is 0 Å². The number of carbonyl (C=O) groups is 2. The van der Waals surface area contributed by atoms with E-state index in [9.17, 15) is 18.4 Å². The molecule has 0 bridgehead atoms. The Hall–Kier alpha value is -4.62. The third-order valence-electron chi connectivity index (χ3n) is 5.80. The molecular formula is C27H28F2N8O2S. The molecule has 4 aromatic rings. The number of benzene rings is 2. The van der Waals surface area contributed by atoms with Gasteiger partial charge in [0, 0.05) is 48.0 Å². The fourth-order valence-electron chi connectivity index (χ4n) is 3.83. The van der Waals surface area contributed by atoms with E-state index < -0.39 is 12.3 Å². The smallest absolute Gasteiger partial charge is 0.264 e. The van der Waals surface area contributed by atoms with Gasteiger partial charge in [-0.2, -0.15) is 0 Å². The normalized spacial score (nSPS) is 11.5. The molecule has 2 heterocycles. The Bertz CT molecular complexity index is 1580. The van der Waals surface area contributed by atoms with Crippen molar-refractivity contribution in [2.24, 2.45) is 11.6 Å². The quantitative estimate of drug-likeness (QED) is 0.169. The van der Waals surface area contributed by atoms with Gasteiger partial charge in [0.2, 0.25) is 5.91 Å². The van der Waals surface area contributed by atoms with Gasteiger partial charge in [0.25, 0.3) is 12.3 Å². The van der Waals surface area contributed by atoms with E-state index >= 15 is 0 Å². The molecule has 0 radical (unpaired) electrons. The summed E-state index contributed by atoms with van der Waals surface area (Å²) in [4.78, 5) is 33.2. The number of thiazole rings is 1. The maximum absolute atomic E-state index is 13.6. The zero-order chi connectivity index (χ0) is 29.0. The van der Waals surface area contributed by atoms with Gasteiger partial charge in [0.1, 0.15) is 0 Å². The van der Waals surface area contributed by atoms with E-state index in [1.807, 2.05) is 6.92 Å². The van der Waals surface area contributed by atoms with E-state index in [1.165, 1.54) is 54.1 Å². The van der Waals surface area contributed by atoms with Crippen LogP contribution in [0.1, 0.15) is 51.0 Å². The summed E-state index contributed by atoms with van der Waals surface area (Å²) in [5, 5.41) is 7.12. The topological polar surface area (TPSA) is 144 Å². The summed E-state index contributed by atoms with van der Waals surface area (Å²) in [7, 11) is 0. The van der Waals surface area contributed by atoms with Gasteiger partial charge in [-0.3, -0.25) is 9.59 Å². The maximum Gasteiger partial charge on any atom is 0.264 e. The number of hydrazine groups is 1. The van der Waals surface area contributed by atoms with Crippen molar-refractivity contribution in [1.29, 1.82) is 0 Å². The van der Waals surface area contributed by atoms with Crippen LogP contribution in [0.15, 0.2) is 61.3 Å². The van der Waals surface area contributed by atoms with E-state index in [1.54, 1.807) is 42.0 Å². The van der Waals surface area contributed by atoms with E-state index in [0.717, 1.165) is 16.8 Å². The Morgan fingerprint density at radius 2 is 1.93 bits per heavy atom. The zero-order valence-corrected chi connectivity index (χ0v) is 22.8. The molecule has 6 N–H and O–H groups in total. The molecule has 208 valence electrons. The number of imidazole rings is 1. The van der Waals surface area contributed by atoms with Gasteiger partial charge in [-0.15, -0.1) is 0 Å². The number of amides is 2. The van der Waals surface area contributed by atoms with Crippen molar-refractivity contribution in [3.05, 3.63) is 94.1 Å². The molecule has 0 aliphatic carbocycles. The van der Waals surface area contributed by atoms with Gasteiger partial charge in [0.05, 0.1) is 29.1 Å². The number of nitrogens with zero attached hydrogens (tertiary/aromatic N) is 4. The van der Waals surface area contributed by atoms with Crippen LogP contribution < -0.4 is 22.2 Å².